The van der Waals surface area contributed by atoms with Crippen LogP contribution in [0.1, 0.15) is 25.1 Å². The van der Waals surface area contributed by atoms with Gasteiger partial charge in [-0.1, -0.05) is 19.9 Å². The first-order valence-electron chi connectivity index (χ1n) is 5.76. The van der Waals surface area contributed by atoms with E-state index in [1.165, 1.54) is 12.1 Å². The second-order valence-corrected chi connectivity index (χ2v) is 3.63. The summed E-state index contributed by atoms with van der Waals surface area (Å²) in [4.78, 5) is 5.58. The maximum absolute atomic E-state index is 13.5. The van der Waals surface area contributed by atoms with Crippen LogP contribution in [0.3, 0.4) is 0 Å². The lowest BCUT2D eigenvalue weighted by Crippen LogP contribution is -2.04. The van der Waals surface area contributed by atoms with E-state index in [1.54, 1.807) is 13.0 Å². The molecule has 0 bridgehead atoms. The van der Waals surface area contributed by atoms with Crippen molar-refractivity contribution in [3.05, 3.63) is 41.5 Å². The van der Waals surface area contributed by atoms with E-state index in [1.807, 2.05) is 13.8 Å². The number of benzene rings is 1. The molecule has 104 valence electrons. The fourth-order valence-electron chi connectivity index (χ4n) is 1.41. The third-order valence-electron chi connectivity index (χ3n) is 2.26. The molecule has 0 amide bonds. The number of aromatic amines is 1. The number of H-pyrrole nitrogens is 1. The van der Waals surface area contributed by atoms with Crippen LogP contribution < -0.4 is 0 Å². The quantitative estimate of drug-likeness (QED) is 0.758. The molecule has 1 aromatic carbocycles. The summed E-state index contributed by atoms with van der Waals surface area (Å²) < 4.78 is 50.5. The largest absolute Gasteiger partial charge is 0.432 e. The van der Waals surface area contributed by atoms with Crippen molar-refractivity contribution in [2.24, 2.45) is 0 Å². The Balaban J connectivity index is 0.000000861. The number of hydrogen-bond donors (Lipinski definition) is 1. The van der Waals surface area contributed by atoms with Crippen molar-refractivity contribution < 1.29 is 17.6 Å². The highest BCUT2D eigenvalue weighted by atomic mass is 19.4. The molecule has 1 N–H and O–H groups in total. The highest BCUT2D eigenvalue weighted by Crippen LogP contribution is 2.30. The Labute approximate surface area is 108 Å². The van der Waals surface area contributed by atoms with Gasteiger partial charge in [-0.25, -0.2) is 9.37 Å². The minimum atomic E-state index is -4.51. The van der Waals surface area contributed by atoms with Crippen LogP contribution in [0, 0.1) is 12.7 Å². The Morgan fingerprint density at radius 1 is 1.16 bits per heavy atom. The van der Waals surface area contributed by atoms with E-state index in [2.05, 4.69) is 9.97 Å². The number of aromatic nitrogens is 2. The molecule has 0 spiro atoms. The van der Waals surface area contributed by atoms with Gasteiger partial charge in [-0.05, 0) is 24.6 Å². The standard InChI is InChI=1S/C11H8F4N2.C2H6/c1-6-2-3-7(8(12)4-6)10-16-5-9(17-10)11(13,14)15;1-2/h2-5H,1H3,(H,16,17);1-2H3. The smallest absolute Gasteiger partial charge is 0.334 e. The number of nitrogens with zero attached hydrogens (tertiary/aromatic N) is 1. The molecule has 1 aromatic heterocycles. The van der Waals surface area contributed by atoms with Crippen molar-refractivity contribution in [3.63, 3.8) is 0 Å². The molecule has 0 aliphatic heterocycles. The summed E-state index contributed by atoms with van der Waals surface area (Å²) in [6.45, 7) is 5.69. The topological polar surface area (TPSA) is 28.7 Å². The number of rotatable bonds is 1. The Hall–Kier alpha value is -1.85. The molecular formula is C13H14F4N2. The number of aryl methyl sites for hydroxylation is 1. The predicted octanol–water partition coefficient (Wildman–Crippen LogP) is 4.57. The van der Waals surface area contributed by atoms with Crippen molar-refractivity contribution >= 4 is 0 Å². The van der Waals surface area contributed by atoms with Crippen molar-refractivity contribution in [2.75, 3.05) is 0 Å². The maximum Gasteiger partial charge on any atom is 0.432 e. The molecule has 0 fully saturated rings. The fourth-order valence-corrected chi connectivity index (χ4v) is 1.41. The van der Waals surface area contributed by atoms with Gasteiger partial charge in [0.05, 0.1) is 11.8 Å². The summed E-state index contributed by atoms with van der Waals surface area (Å²) in [7, 11) is 0. The molecule has 19 heavy (non-hydrogen) atoms. The van der Waals surface area contributed by atoms with Gasteiger partial charge in [0.2, 0.25) is 0 Å². The van der Waals surface area contributed by atoms with Gasteiger partial charge in [-0.2, -0.15) is 13.2 Å². The first kappa shape index (κ1) is 15.2. The van der Waals surface area contributed by atoms with E-state index in [9.17, 15) is 17.6 Å². The minimum Gasteiger partial charge on any atom is -0.334 e. The van der Waals surface area contributed by atoms with Gasteiger partial charge < -0.3 is 4.98 Å². The first-order chi connectivity index (χ1) is 8.88. The molecular weight excluding hydrogens is 260 g/mol. The zero-order valence-corrected chi connectivity index (χ0v) is 10.8. The number of imidazole rings is 1. The van der Waals surface area contributed by atoms with Gasteiger partial charge >= 0.3 is 6.18 Å². The summed E-state index contributed by atoms with van der Waals surface area (Å²) in [5.41, 5.74) is -0.285. The average Bonchev–Trinajstić information content (AvgIpc) is 2.80. The molecule has 0 aliphatic carbocycles. The zero-order valence-electron chi connectivity index (χ0n) is 10.8. The molecule has 0 radical (unpaired) electrons. The summed E-state index contributed by atoms with van der Waals surface area (Å²) in [6.07, 6.45) is -3.86. The maximum atomic E-state index is 13.5. The van der Waals surface area contributed by atoms with Crippen LogP contribution in [0.2, 0.25) is 0 Å². The lowest BCUT2D eigenvalue weighted by Gasteiger charge is -2.02. The summed E-state index contributed by atoms with van der Waals surface area (Å²) in [5.74, 6) is -0.733. The molecule has 0 aliphatic rings. The van der Waals surface area contributed by atoms with Gasteiger partial charge in [0, 0.05) is 0 Å². The molecule has 2 rings (SSSR count). The molecule has 0 saturated carbocycles. The second-order valence-electron chi connectivity index (χ2n) is 3.63. The Morgan fingerprint density at radius 2 is 1.79 bits per heavy atom. The third-order valence-corrected chi connectivity index (χ3v) is 2.26. The Bertz CT molecular complexity index is 544. The van der Waals surface area contributed by atoms with Gasteiger partial charge in [-0.3, -0.25) is 0 Å². The monoisotopic (exact) mass is 274 g/mol. The SMILES string of the molecule is CC.Cc1ccc(-c2ncc(C(F)(F)F)[nH]2)c(F)c1. The molecule has 2 nitrogen and oxygen atoms in total. The second kappa shape index (κ2) is 5.86. The number of halogens is 4. The lowest BCUT2D eigenvalue weighted by molar-refractivity contribution is -0.140. The first-order valence-corrected chi connectivity index (χ1v) is 5.76. The summed E-state index contributed by atoms with van der Waals surface area (Å²) >= 11 is 0. The van der Waals surface area contributed by atoms with E-state index in [4.69, 9.17) is 0 Å². The molecule has 6 heteroatoms. The van der Waals surface area contributed by atoms with Crippen LogP contribution in [0.5, 0.6) is 0 Å². The normalized spacial score (nSPS) is 10.9. The van der Waals surface area contributed by atoms with Gasteiger partial charge in [-0.15, -0.1) is 0 Å². The van der Waals surface area contributed by atoms with Crippen LogP contribution in [0.25, 0.3) is 11.4 Å². The predicted molar refractivity (Wildman–Crippen MR) is 65.1 cm³/mol. The van der Waals surface area contributed by atoms with Crippen LogP contribution in [0.4, 0.5) is 17.6 Å². The highest BCUT2D eigenvalue weighted by Gasteiger charge is 2.33. The molecule has 0 atom stereocenters. The van der Waals surface area contributed by atoms with Crippen molar-refractivity contribution in [1.29, 1.82) is 0 Å². The average molecular weight is 274 g/mol. The Kier molecular flexibility index (Phi) is 4.69. The van der Waals surface area contributed by atoms with Crippen molar-refractivity contribution in [3.8, 4) is 11.4 Å². The van der Waals surface area contributed by atoms with E-state index in [0.29, 0.717) is 11.8 Å². The van der Waals surface area contributed by atoms with Gasteiger partial charge in [0.25, 0.3) is 0 Å². The molecule has 2 aromatic rings. The van der Waals surface area contributed by atoms with E-state index >= 15 is 0 Å². The summed E-state index contributed by atoms with van der Waals surface area (Å²) in [6, 6.07) is 4.24. The van der Waals surface area contributed by atoms with Crippen LogP contribution in [0.15, 0.2) is 24.4 Å². The van der Waals surface area contributed by atoms with Crippen molar-refractivity contribution in [2.45, 2.75) is 26.9 Å². The number of hydrogen-bond acceptors (Lipinski definition) is 1. The van der Waals surface area contributed by atoms with Gasteiger partial charge in [0.15, 0.2) is 0 Å². The minimum absolute atomic E-state index is 0.0195. The number of alkyl halides is 3. The van der Waals surface area contributed by atoms with Crippen LogP contribution in [-0.4, -0.2) is 9.97 Å². The fraction of sp³-hybridized carbons (Fsp3) is 0.308. The van der Waals surface area contributed by atoms with Crippen LogP contribution >= 0.6 is 0 Å². The molecule has 0 unspecified atom stereocenters. The van der Waals surface area contributed by atoms with Crippen LogP contribution in [-0.2, 0) is 6.18 Å². The zero-order chi connectivity index (χ0) is 14.6. The van der Waals surface area contributed by atoms with E-state index in [-0.39, 0.29) is 11.4 Å². The Morgan fingerprint density at radius 3 is 2.26 bits per heavy atom. The third kappa shape index (κ3) is 3.56. The number of nitrogens with one attached hydrogen (secondary N) is 1. The molecule has 0 saturated heterocycles. The van der Waals surface area contributed by atoms with E-state index in [0.717, 1.165) is 0 Å². The summed E-state index contributed by atoms with van der Waals surface area (Å²) in [5, 5.41) is 0. The highest BCUT2D eigenvalue weighted by molar-refractivity contribution is 5.56. The van der Waals surface area contributed by atoms with Gasteiger partial charge in [0.1, 0.15) is 17.3 Å². The van der Waals surface area contributed by atoms with Crippen molar-refractivity contribution in [1.82, 2.24) is 9.97 Å². The molecule has 1 heterocycles. The lowest BCUT2D eigenvalue weighted by atomic mass is 10.1. The van der Waals surface area contributed by atoms with E-state index < -0.39 is 17.7 Å².